The number of rotatable bonds is 5. The van der Waals surface area contributed by atoms with Crippen molar-refractivity contribution in [3.8, 4) is 0 Å². The van der Waals surface area contributed by atoms with Crippen molar-refractivity contribution in [2.24, 2.45) is 0 Å². The van der Waals surface area contributed by atoms with E-state index in [-0.39, 0.29) is 0 Å². The molecule has 0 unspecified atom stereocenters. The first-order chi connectivity index (χ1) is 14.8. The maximum atomic E-state index is 4.87. The second-order valence-corrected chi connectivity index (χ2v) is 9.44. The fraction of sp³-hybridized carbons (Fsp3) is 0.0833. The van der Waals surface area contributed by atoms with E-state index in [1.165, 1.54) is 15.3 Å². The van der Waals surface area contributed by atoms with E-state index in [9.17, 15) is 0 Å². The highest BCUT2D eigenvalue weighted by molar-refractivity contribution is 7.19. The van der Waals surface area contributed by atoms with E-state index in [2.05, 4.69) is 47.4 Å². The number of nitrogens with one attached hydrogen (secondary N) is 1. The molecule has 0 aliphatic heterocycles. The summed E-state index contributed by atoms with van der Waals surface area (Å²) in [5.74, 6) is 2.14. The van der Waals surface area contributed by atoms with Gasteiger partial charge in [0.05, 0.1) is 47.4 Å². The molecule has 6 rings (SSSR count). The largest absolute Gasteiger partial charge is 0.341 e. The molecule has 0 saturated carbocycles. The molecule has 0 amide bonds. The van der Waals surface area contributed by atoms with Gasteiger partial charge in [-0.3, -0.25) is 0 Å². The third-order valence-electron chi connectivity index (χ3n) is 5.13. The molecule has 3 heterocycles. The number of hydrogen-bond acceptors (Lipinski definition) is 5. The molecule has 3 aromatic heterocycles. The van der Waals surface area contributed by atoms with Crippen LogP contribution in [0.4, 0.5) is 0 Å². The van der Waals surface area contributed by atoms with E-state index >= 15 is 0 Å². The highest BCUT2D eigenvalue weighted by Gasteiger charge is 2.22. The van der Waals surface area contributed by atoms with Crippen molar-refractivity contribution in [2.45, 2.75) is 12.8 Å². The average molecular weight is 426 g/mol. The summed E-state index contributed by atoms with van der Waals surface area (Å²) in [5, 5.41) is 2.21. The van der Waals surface area contributed by atoms with Crippen molar-refractivity contribution in [1.29, 1.82) is 0 Å². The number of imidazole rings is 1. The minimum atomic E-state index is 0.759. The van der Waals surface area contributed by atoms with Gasteiger partial charge in [0.25, 0.3) is 0 Å². The zero-order valence-electron chi connectivity index (χ0n) is 16.0. The van der Waals surface area contributed by atoms with Gasteiger partial charge in [0, 0.05) is 12.8 Å². The van der Waals surface area contributed by atoms with Crippen molar-refractivity contribution in [3.05, 3.63) is 94.6 Å². The molecule has 6 aromatic rings. The second kappa shape index (κ2) is 7.31. The van der Waals surface area contributed by atoms with E-state index in [1.54, 1.807) is 22.7 Å². The van der Waals surface area contributed by atoms with Crippen molar-refractivity contribution < 1.29 is 0 Å². The predicted molar refractivity (Wildman–Crippen MR) is 125 cm³/mol. The van der Waals surface area contributed by atoms with E-state index < -0.39 is 0 Å². The van der Waals surface area contributed by atoms with Crippen LogP contribution in [0.2, 0.25) is 0 Å². The van der Waals surface area contributed by atoms with Gasteiger partial charge < -0.3 is 4.98 Å². The zero-order valence-corrected chi connectivity index (χ0v) is 17.6. The lowest BCUT2D eigenvalue weighted by Crippen LogP contribution is -2.09. The van der Waals surface area contributed by atoms with Crippen LogP contribution in [-0.4, -0.2) is 19.9 Å². The molecule has 0 aliphatic carbocycles. The zero-order chi connectivity index (χ0) is 19.9. The second-order valence-electron chi connectivity index (χ2n) is 7.21. The Balaban J connectivity index is 1.39. The molecule has 4 nitrogen and oxygen atoms in total. The summed E-state index contributed by atoms with van der Waals surface area (Å²) in [6, 6.07) is 24.8. The molecule has 0 aliphatic rings. The SMILES string of the molecule is c1ccc2[nH]c([C](Cc3nc4ccccc4s3)Cc3nc4ccccc4s3)nc2c1. The standard InChI is InChI=1S/C24H17N4S2/c1-2-8-17-16(7-1)27-24(28-17)15(13-22-25-18-9-3-5-11-20(18)29-22)14-23-26-19-10-4-6-12-21(19)30-23/h1-12H,13-14H2,(H,27,28). The summed E-state index contributed by atoms with van der Waals surface area (Å²) in [6.07, 6.45) is 1.52. The molecular formula is C24H17N4S2. The molecule has 0 saturated heterocycles. The number of H-pyrrole nitrogens is 1. The van der Waals surface area contributed by atoms with Crippen LogP contribution in [0.25, 0.3) is 31.5 Å². The van der Waals surface area contributed by atoms with Gasteiger partial charge in [-0.15, -0.1) is 22.7 Å². The van der Waals surface area contributed by atoms with E-state index in [0.29, 0.717) is 0 Å². The smallest absolute Gasteiger partial charge is 0.115 e. The number of para-hydroxylation sites is 4. The Labute approximate surface area is 181 Å². The molecule has 0 fully saturated rings. The van der Waals surface area contributed by atoms with Gasteiger partial charge >= 0.3 is 0 Å². The van der Waals surface area contributed by atoms with Gasteiger partial charge in [-0.05, 0) is 36.4 Å². The molecule has 30 heavy (non-hydrogen) atoms. The molecule has 1 N–H and O–H groups in total. The summed E-state index contributed by atoms with van der Waals surface area (Å²) >= 11 is 3.50. The summed E-state index contributed by atoms with van der Waals surface area (Å²) in [4.78, 5) is 18.1. The van der Waals surface area contributed by atoms with Crippen LogP contribution in [0.1, 0.15) is 15.8 Å². The van der Waals surface area contributed by atoms with Crippen LogP contribution < -0.4 is 0 Å². The number of fused-ring (bicyclic) bond motifs is 3. The topological polar surface area (TPSA) is 54.5 Å². The van der Waals surface area contributed by atoms with E-state index in [1.807, 2.05) is 30.3 Å². The van der Waals surface area contributed by atoms with Crippen molar-refractivity contribution in [2.75, 3.05) is 0 Å². The number of nitrogens with zero attached hydrogens (tertiary/aromatic N) is 3. The van der Waals surface area contributed by atoms with Crippen LogP contribution >= 0.6 is 22.7 Å². The summed E-state index contributed by atoms with van der Waals surface area (Å²) in [6.45, 7) is 0. The molecule has 145 valence electrons. The van der Waals surface area contributed by atoms with Gasteiger partial charge in [0.2, 0.25) is 0 Å². The van der Waals surface area contributed by atoms with Gasteiger partial charge in [-0.1, -0.05) is 36.4 Å². The van der Waals surface area contributed by atoms with Crippen molar-refractivity contribution in [1.82, 2.24) is 19.9 Å². The third kappa shape index (κ3) is 3.28. The third-order valence-corrected chi connectivity index (χ3v) is 7.20. The highest BCUT2D eigenvalue weighted by Crippen LogP contribution is 2.31. The Morgan fingerprint density at radius 2 is 1.17 bits per heavy atom. The molecule has 6 heteroatoms. The lowest BCUT2D eigenvalue weighted by molar-refractivity contribution is 0.843. The van der Waals surface area contributed by atoms with Crippen LogP contribution in [0.5, 0.6) is 0 Å². The van der Waals surface area contributed by atoms with Crippen molar-refractivity contribution in [3.63, 3.8) is 0 Å². The fourth-order valence-corrected chi connectivity index (χ4v) is 5.72. The molecule has 0 bridgehead atoms. The first-order valence-corrected chi connectivity index (χ1v) is 11.4. The summed E-state index contributed by atoms with van der Waals surface area (Å²) in [5.41, 5.74) is 4.15. The Morgan fingerprint density at radius 3 is 1.73 bits per heavy atom. The number of aromatic amines is 1. The Kier molecular flexibility index (Phi) is 4.32. The average Bonchev–Trinajstić information content (AvgIpc) is 3.48. The predicted octanol–water partition coefficient (Wildman–Crippen LogP) is 6.19. The monoisotopic (exact) mass is 425 g/mol. The van der Waals surface area contributed by atoms with Gasteiger partial charge in [0.1, 0.15) is 5.82 Å². The maximum absolute atomic E-state index is 4.87. The minimum absolute atomic E-state index is 0.759. The van der Waals surface area contributed by atoms with Crippen LogP contribution in [-0.2, 0) is 12.8 Å². The van der Waals surface area contributed by atoms with Crippen LogP contribution in [0.3, 0.4) is 0 Å². The molecule has 0 spiro atoms. The molecule has 0 atom stereocenters. The normalized spacial score (nSPS) is 11.9. The van der Waals surface area contributed by atoms with Crippen LogP contribution in [0, 0.1) is 5.92 Å². The lowest BCUT2D eigenvalue weighted by atomic mass is 10.0. The molecule has 3 aromatic carbocycles. The van der Waals surface area contributed by atoms with Gasteiger partial charge in [-0.25, -0.2) is 15.0 Å². The van der Waals surface area contributed by atoms with Gasteiger partial charge in [0.15, 0.2) is 0 Å². The maximum Gasteiger partial charge on any atom is 0.115 e. The number of benzene rings is 3. The number of aromatic nitrogens is 4. The quantitative estimate of drug-likeness (QED) is 0.358. The first kappa shape index (κ1) is 17.7. The summed E-state index contributed by atoms with van der Waals surface area (Å²) in [7, 11) is 0. The minimum Gasteiger partial charge on any atom is -0.341 e. The van der Waals surface area contributed by atoms with Crippen LogP contribution in [0.15, 0.2) is 72.8 Å². The lowest BCUT2D eigenvalue weighted by Gasteiger charge is -2.10. The highest BCUT2D eigenvalue weighted by atomic mass is 32.1. The van der Waals surface area contributed by atoms with Crippen molar-refractivity contribution >= 4 is 54.1 Å². The first-order valence-electron chi connectivity index (χ1n) is 9.80. The fourth-order valence-electron chi connectivity index (χ4n) is 3.71. The number of thiazole rings is 2. The Morgan fingerprint density at radius 1 is 0.633 bits per heavy atom. The molecular weight excluding hydrogens is 408 g/mol. The number of hydrogen-bond donors (Lipinski definition) is 1. The van der Waals surface area contributed by atoms with Gasteiger partial charge in [-0.2, -0.15) is 0 Å². The Bertz CT molecular complexity index is 1300. The van der Waals surface area contributed by atoms with E-state index in [4.69, 9.17) is 15.0 Å². The van der Waals surface area contributed by atoms with E-state index in [0.717, 1.165) is 50.7 Å². The molecule has 1 radical (unpaired) electrons. The Hall–Kier alpha value is -3.09. The summed E-state index contributed by atoms with van der Waals surface area (Å²) < 4.78 is 2.44.